The second kappa shape index (κ2) is 9.78. The fourth-order valence-corrected chi connectivity index (χ4v) is 3.38. The Hall–Kier alpha value is -1.28. The molecule has 1 aromatic heterocycles. The molecule has 0 bridgehead atoms. The van der Waals surface area contributed by atoms with E-state index < -0.39 is 24.0 Å². The van der Waals surface area contributed by atoms with Crippen LogP contribution < -0.4 is 10.6 Å². The van der Waals surface area contributed by atoms with E-state index in [4.69, 9.17) is 51.1 Å². The molecule has 7 nitrogen and oxygen atoms in total. The molecular weight excluding hydrogens is 440 g/mol. The van der Waals surface area contributed by atoms with E-state index in [0.29, 0.717) is 0 Å². The summed E-state index contributed by atoms with van der Waals surface area (Å²) in [6.45, 7) is 1.30. The predicted molar refractivity (Wildman–Crippen MR) is 103 cm³/mol. The Morgan fingerprint density at radius 3 is 2.30 bits per heavy atom. The minimum absolute atomic E-state index is 0.0331. The molecule has 27 heavy (non-hydrogen) atoms. The van der Waals surface area contributed by atoms with Crippen LogP contribution in [0.2, 0.25) is 20.2 Å². The molecule has 0 aromatic carbocycles. The number of nitrogens with zero attached hydrogens (tertiary/aromatic N) is 1. The molecular formula is C16H17Cl4N3O4. The molecule has 11 heteroatoms. The van der Waals surface area contributed by atoms with Crippen molar-refractivity contribution in [3.8, 4) is 0 Å². The Morgan fingerprint density at radius 1 is 1.04 bits per heavy atom. The number of urea groups is 1. The summed E-state index contributed by atoms with van der Waals surface area (Å²) in [5.41, 5.74) is -0.387. The summed E-state index contributed by atoms with van der Waals surface area (Å²) in [6.07, 6.45) is 3.67. The SMILES string of the molecule is C[C@H](OC(=O)c1nc(Cl)c(Cl)c(Cl)c1Cl)C(=O)NC(=O)NC1CCCCC1. The van der Waals surface area contributed by atoms with E-state index in [0.717, 1.165) is 32.1 Å². The van der Waals surface area contributed by atoms with E-state index in [1.54, 1.807) is 0 Å². The molecule has 3 amide bonds. The van der Waals surface area contributed by atoms with E-state index >= 15 is 0 Å². The number of nitrogens with one attached hydrogen (secondary N) is 2. The van der Waals surface area contributed by atoms with Crippen LogP contribution in [0.3, 0.4) is 0 Å². The average molecular weight is 457 g/mol. The normalized spacial score (nSPS) is 15.7. The molecule has 2 rings (SSSR count). The van der Waals surface area contributed by atoms with Gasteiger partial charge in [0.1, 0.15) is 5.15 Å². The fraction of sp³-hybridized carbons (Fsp3) is 0.500. The zero-order chi connectivity index (χ0) is 20.1. The van der Waals surface area contributed by atoms with Crippen LogP contribution in [0, 0.1) is 0 Å². The molecule has 1 aromatic rings. The van der Waals surface area contributed by atoms with Crippen molar-refractivity contribution in [2.75, 3.05) is 0 Å². The molecule has 1 heterocycles. The second-order valence-corrected chi connectivity index (χ2v) is 7.53. The topological polar surface area (TPSA) is 97.4 Å². The van der Waals surface area contributed by atoms with Crippen molar-refractivity contribution in [1.29, 1.82) is 0 Å². The number of amides is 3. The number of hydrogen-bond acceptors (Lipinski definition) is 5. The lowest BCUT2D eigenvalue weighted by atomic mass is 9.96. The molecule has 1 atom stereocenters. The van der Waals surface area contributed by atoms with E-state index in [1.807, 2.05) is 0 Å². The lowest BCUT2D eigenvalue weighted by Gasteiger charge is -2.23. The minimum Gasteiger partial charge on any atom is -0.448 e. The zero-order valence-corrected chi connectivity index (χ0v) is 17.3. The van der Waals surface area contributed by atoms with Gasteiger partial charge >= 0.3 is 12.0 Å². The highest BCUT2D eigenvalue weighted by Gasteiger charge is 2.26. The number of imide groups is 1. The first-order valence-corrected chi connectivity index (χ1v) is 9.74. The van der Waals surface area contributed by atoms with Crippen molar-refractivity contribution in [2.45, 2.75) is 51.2 Å². The van der Waals surface area contributed by atoms with E-state index in [1.165, 1.54) is 6.92 Å². The van der Waals surface area contributed by atoms with Crippen LogP contribution in [0.25, 0.3) is 0 Å². The Bertz CT molecular complexity index is 754. The van der Waals surface area contributed by atoms with Crippen LogP contribution in [0.4, 0.5) is 4.79 Å². The van der Waals surface area contributed by atoms with Gasteiger partial charge in [-0.3, -0.25) is 10.1 Å². The first-order chi connectivity index (χ1) is 12.7. The molecule has 0 radical (unpaired) electrons. The highest BCUT2D eigenvalue weighted by atomic mass is 35.5. The summed E-state index contributed by atoms with van der Waals surface area (Å²) in [4.78, 5) is 39.9. The van der Waals surface area contributed by atoms with Gasteiger partial charge in [-0.2, -0.15) is 0 Å². The number of esters is 1. The molecule has 0 aliphatic heterocycles. The Balaban J connectivity index is 1.93. The summed E-state index contributed by atoms with van der Waals surface area (Å²) < 4.78 is 4.98. The van der Waals surface area contributed by atoms with Crippen LogP contribution in [0.5, 0.6) is 0 Å². The first-order valence-electron chi connectivity index (χ1n) is 8.23. The largest absolute Gasteiger partial charge is 0.448 e. The number of hydrogen-bond donors (Lipinski definition) is 2. The van der Waals surface area contributed by atoms with Gasteiger partial charge in [0.2, 0.25) is 0 Å². The van der Waals surface area contributed by atoms with Crippen LogP contribution in [-0.2, 0) is 9.53 Å². The first kappa shape index (κ1) is 22.0. The van der Waals surface area contributed by atoms with Gasteiger partial charge in [-0.25, -0.2) is 14.6 Å². The molecule has 1 fully saturated rings. The Labute approximate surface area is 176 Å². The minimum atomic E-state index is -1.28. The van der Waals surface area contributed by atoms with Crippen molar-refractivity contribution in [3.05, 3.63) is 25.9 Å². The van der Waals surface area contributed by atoms with Gasteiger partial charge in [0.15, 0.2) is 11.8 Å². The lowest BCUT2D eigenvalue weighted by Crippen LogP contribution is -2.48. The van der Waals surface area contributed by atoms with Gasteiger partial charge in [0.05, 0.1) is 15.1 Å². The summed E-state index contributed by atoms with van der Waals surface area (Å²) in [6, 6.07) is -0.602. The molecule has 1 aliphatic rings. The van der Waals surface area contributed by atoms with E-state index in [-0.39, 0.29) is 32.0 Å². The number of aromatic nitrogens is 1. The van der Waals surface area contributed by atoms with Gasteiger partial charge in [-0.15, -0.1) is 0 Å². The molecule has 2 N–H and O–H groups in total. The average Bonchev–Trinajstić information content (AvgIpc) is 2.63. The van der Waals surface area contributed by atoms with Gasteiger partial charge in [-0.1, -0.05) is 65.7 Å². The van der Waals surface area contributed by atoms with Crippen LogP contribution >= 0.6 is 46.4 Å². The number of pyridine rings is 1. The lowest BCUT2D eigenvalue weighted by molar-refractivity contribution is -0.127. The van der Waals surface area contributed by atoms with Gasteiger partial charge < -0.3 is 10.1 Å². The number of carbonyl (C=O) groups is 3. The van der Waals surface area contributed by atoms with Crippen LogP contribution in [0.15, 0.2) is 0 Å². The maximum atomic E-state index is 12.2. The molecule has 0 unspecified atom stereocenters. The van der Waals surface area contributed by atoms with Crippen molar-refractivity contribution in [3.63, 3.8) is 0 Å². The maximum absolute atomic E-state index is 12.2. The standard InChI is InChI=1S/C16H17Cl4N3O4/c1-7(14(24)23-16(26)21-8-5-3-2-4-6-8)27-15(25)12-10(18)9(17)11(19)13(20)22-12/h7-8H,2-6H2,1H3,(H2,21,23,24,26)/t7-/m0/s1. The zero-order valence-electron chi connectivity index (χ0n) is 14.3. The summed E-state index contributed by atoms with van der Waals surface area (Å²) >= 11 is 23.3. The molecule has 1 aliphatic carbocycles. The van der Waals surface area contributed by atoms with E-state index in [9.17, 15) is 14.4 Å². The quantitative estimate of drug-likeness (QED) is 0.516. The third-order valence-corrected chi connectivity index (χ3v) is 5.69. The van der Waals surface area contributed by atoms with Crippen molar-refractivity contribution in [2.24, 2.45) is 0 Å². The van der Waals surface area contributed by atoms with Crippen LogP contribution in [-0.4, -0.2) is 35.0 Å². The molecule has 0 saturated heterocycles. The molecule has 0 spiro atoms. The summed E-state index contributed by atoms with van der Waals surface area (Å²) in [5, 5.41) is 4.11. The Morgan fingerprint density at radius 2 is 1.67 bits per heavy atom. The van der Waals surface area contributed by atoms with Crippen LogP contribution in [0.1, 0.15) is 49.5 Å². The molecule has 1 saturated carbocycles. The smallest absolute Gasteiger partial charge is 0.359 e. The summed E-state index contributed by atoms with van der Waals surface area (Å²) in [7, 11) is 0. The van der Waals surface area contributed by atoms with Crippen molar-refractivity contribution in [1.82, 2.24) is 15.6 Å². The van der Waals surface area contributed by atoms with Crippen molar-refractivity contribution < 1.29 is 19.1 Å². The van der Waals surface area contributed by atoms with Gasteiger partial charge in [0, 0.05) is 6.04 Å². The van der Waals surface area contributed by atoms with Crippen molar-refractivity contribution >= 4 is 64.3 Å². The van der Waals surface area contributed by atoms with Gasteiger partial charge in [0.25, 0.3) is 5.91 Å². The highest BCUT2D eigenvalue weighted by molar-refractivity contribution is 6.52. The highest BCUT2D eigenvalue weighted by Crippen LogP contribution is 2.36. The maximum Gasteiger partial charge on any atom is 0.359 e. The monoisotopic (exact) mass is 455 g/mol. The number of rotatable bonds is 4. The second-order valence-electron chi connectivity index (χ2n) is 6.04. The number of halogens is 4. The van der Waals surface area contributed by atoms with Gasteiger partial charge in [-0.05, 0) is 19.8 Å². The predicted octanol–water partition coefficient (Wildman–Crippen LogP) is 4.40. The fourth-order valence-electron chi connectivity index (χ4n) is 2.57. The summed E-state index contributed by atoms with van der Waals surface area (Å²) in [5.74, 6) is -1.82. The van der Waals surface area contributed by atoms with E-state index in [2.05, 4.69) is 15.6 Å². The number of ether oxygens (including phenoxy) is 1. The number of carbonyl (C=O) groups excluding carboxylic acids is 3. The molecule has 148 valence electrons. The Kier molecular flexibility index (Phi) is 7.97. The third-order valence-electron chi connectivity index (χ3n) is 4.01. The third kappa shape index (κ3) is 5.85.